The number of anilines is 1. The lowest BCUT2D eigenvalue weighted by atomic mass is 10.2. The molecule has 0 aliphatic heterocycles. The van der Waals surface area contributed by atoms with Crippen molar-refractivity contribution in [2.24, 2.45) is 0 Å². The number of benzene rings is 2. The van der Waals surface area contributed by atoms with Crippen molar-refractivity contribution in [3.63, 3.8) is 0 Å². The monoisotopic (exact) mass is 383 g/mol. The van der Waals surface area contributed by atoms with Crippen molar-refractivity contribution in [2.75, 3.05) is 5.32 Å². The van der Waals surface area contributed by atoms with Crippen LogP contribution in [0.3, 0.4) is 0 Å². The number of esters is 1. The molecule has 0 unspecified atom stereocenters. The second-order valence-corrected chi connectivity index (χ2v) is 6.62. The fourth-order valence-electron chi connectivity index (χ4n) is 2.43. The number of carbonyl (C=O) groups is 2. The van der Waals surface area contributed by atoms with Crippen molar-refractivity contribution in [3.05, 3.63) is 71.0 Å². The Kier molecular flexibility index (Phi) is 5.62. The van der Waals surface area contributed by atoms with Crippen LogP contribution in [0.4, 0.5) is 5.69 Å². The number of ether oxygens (including phenoxy) is 1. The van der Waals surface area contributed by atoms with Crippen LogP contribution in [0.5, 0.6) is 0 Å². The molecule has 0 spiro atoms. The predicted molar refractivity (Wildman–Crippen MR) is 106 cm³/mol. The molecule has 5 nitrogen and oxygen atoms in total. The number of halogens is 1. The van der Waals surface area contributed by atoms with E-state index in [0.717, 1.165) is 5.39 Å². The topological polar surface area (TPSA) is 68.5 Å². The zero-order chi connectivity index (χ0) is 19.4. The van der Waals surface area contributed by atoms with E-state index in [2.05, 4.69) is 5.32 Å². The van der Waals surface area contributed by atoms with Gasteiger partial charge in [-0.3, -0.25) is 4.79 Å². The van der Waals surface area contributed by atoms with Gasteiger partial charge in [0.05, 0.1) is 11.7 Å². The molecule has 0 atom stereocenters. The number of amides is 1. The SMILES string of the molecule is CC(C)OC(=O)c1ccc(NC(=O)C=Cc2cc3cc(Cl)ccc3o2)cc1. The molecule has 0 saturated heterocycles. The standard InChI is InChI=1S/C21H18ClNO4/c1-13(2)26-21(25)14-3-6-17(7-4-14)23-20(24)10-8-18-12-15-11-16(22)5-9-19(15)27-18/h3-13H,1-2H3,(H,23,24). The number of nitrogens with one attached hydrogen (secondary N) is 1. The van der Waals surface area contributed by atoms with Crippen molar-refractivity contribution in [1.82, 2.24) is 0 Å². The van der Waals surface area contributed by atoms with Crippen LogP contribution in [0, 0.1) is 0 Å². The fraction of sp³-hybridized carbons (Fsp3) is 0.143. The number of hydrogen-bond acceptors (Lipinski definition) is 4. The quantitative estimate of drug-likeness (QED) is 0.479. The van der Waals surface area contributed by atoms with Gasteiger partial charge in [0.15, 0.2) is 0 Å². The number of carbonyl (C=O) groups excluding carboxylic acids is 2. The molecule has 1 aromatic heterocycles. The van der Waals surface area contributed by atoms with Crippen LogP contribution < -0.4 is 5.32 Å². The first-order chi connectivity index (χ1) is 12.9. The number of fused-ring (bicyclic) bond motifs is 1. The summed E-state index contributed by atoms with van der Waals surface area (Å²) in [5, 5.41) is 4.21. The van der Waals surface area contributed by atoms with E-state index in [0.29, 0.717) is 27.6 Å². The van der Waals surface area contributed by atoms with E-state index in [1.165, 1.54) is 6.08 Å². The maximum atomic E-state index is 12.1. The van der Waals surface area contributed by atoms with Crippen molar-refractivity contribution in [2.45, 2.75) is 20.0 Å². The van der Waals surface area contributed by atoms with Crippen LogP contribution in [0.2, 0.25) is 5.02 Å². The molecule has 6 heteroatoms. The minimum absolute atomic E-state index is 0.184. The van der Waals surface area contributed by atoms with Gasteiger partial charge in [-0.25, -0.2) is 4.79 Å². The predicted octanol–water partition coefficient (Wildman–Crippen LogP) is 5.30. The smallest absolute Gasteiger partial charge is 0.338 e. The zero-order valence-electron chi connectivity index (χ0n) is 14.9. The summed E-state index contributed by atoms with van der Waals surface area (Å²) in [6, 6.07) is 13.6. The molecule has 1 N–H and O–H groups in total. The first kappa shape index (κ1) is 18.7. The minimum Gasteiger partial charge on any atom is -0.459 e. The van der Waals surface area contributed by atoms with Gasteiger partial charge in [-0.1, -0.05) is 11.6 Å². The van der Waals surface area contributed by atoms with Gasteiger partial charge in [-0.15, -0.1) is 0 Å². The Labute approximate surface area is 161 Å². The van der Waals surface area contributed by atoms with E-state index in [9.17, 15) is 9.59 Å². The van der Waals surface area contributed by atoms with Gasteiger partial charge >= 0.3 is 5.97 Å². The number of furan rings is 1. The molecule has 2 aromatic carbocycles. The van der Waals surface area contributed by atoms with E-state index in [-0.39, 0.29) is 12.0 Å². The van der Waals surface area contributed by atoms with Crippen LogP contribution in [0.1, 0.15) is 30.0 Å². The third-order valence-corrected chi connectivity index (χ3v) is 3.86. The van der Waals surface area contributed by atoms with Crippen molar-refractivity contribution in [3.8, 4) is 0 Å². The van der Waals surface area contributed by atoms with E-state index in [1.807, 2.05) is 0 Å². The second kappa shape index (κ2) is 8.10. The fourth-order valence-corrected chi connectivity index (χ4v) is 2.61. The van der Waals surface area contributed by atoms with E-state index in [1.54, 1.807) is 68.5 Å². The maximum Gasteiger partial charge on any atom is 0.338 e. The van der Waals surface area contributed by atoms with Gasteiger partial charge in [-0.05, 0) is 68.5 Å². The number of rotatable bonds is 5. The van der Waals surface area contributed by atoms with E-state index < -0.39 is 5.97 Å². The largest absolute Gasteiger partial charge is 0.459 e. The van der Waals surface area contributed by atoms with Crippen LogP contribution in [-0.4, -0.2) is 18.0 Å². The van der Waals surface area contributed by atoms with Crippen LogP contribution in [0.25, 0.3) is 17.0 Å². The highest BCUT2D eigenvalue weighted by molar-refractivity contribution is 6.31. The minimum atomic E-state index is -0.396. The molecule has 1 amide bonds. The van der Waals surface area contributed by atoms with Gasteiger partial charge in [0.2, 0.25) is 5.91 Å². The molecule has 0 saturated carbocycles. The summed E-state index contributed by atoms with van der Waals surface area (Å²) in [6.07, 6.45) is 2.77. The normalized spacial score (nSPS) is 11.3. The van der Waals surface area contributed by atoms with Gasteiger partial charge in [0, 0.05) is 22.2 Å². The maximum absolute atomic E-state index is 12.1. The molecule has 1 heterocycles. The molecular formula is C21H18ClNO4. The highest BCUT2D eigenvalue weighted by Gasteiger charge is 2.09. The first-order valence-corrected chi connectivity index (χ1v) is 8.78. The van der Waals surface area contributed by atoms with Gasteiger partial charge in [0.25, 0.3) is 0 Å². The third-order valence-electron chi connectivity index (χ3n) is 3.63. The molecular weight excluding hydrogens is 366 g/mol. The van der Waals surface area contributed by atoms with Crippen molar-refractivity contribution in [1.29, 1.82) is 0 Å². The lowest BCUT2D eigenvalue weighted by Crippen LogP contribution is -2.12. The molecule has 0 radical (unpaired) electrons. The molecule has 0 aliphatic carbocycles. The van der Waals surface area contributed by atoms with Gasteiger partial charge < -0.3 is 14.5 Å². The Morgan fingerprint density at radius 3 is 2.56 bits per heavy atom. The van der Waals surface area contributed by atoms with Crippen molar-refractivity contribution < 1.29 is 18.7 Å². The molecule has 0 bridgehead atoms. The molecule has 27 heavy (non-hydrogen) atoms. The van der Waals surface area contributed by atoms with Crippen LogP contribution in [-0.2, 0) is 9.53 Å². The van der Waals surface area contributed by atoms with E-state index in [4.69, 9.17) is 20.8 Å². The van der Waals surface area contributed by atoms with Crippen LogP contribution >= 0.6 is 11.6 Å². The summed E-state index contributed by atoms with van der Waals surface area (Å²) >= 11 is 5.95. The Balaban J connectivity index is 1.62. The summed E-state index contributed by atoms with van der Waals surface area (Å²) in [6.45, 7) is 3.57. The summed E-state index contributed by atoms with van der Waals surface area (Å²) in [5.74, 6) is -0.159. The molecule has 3 aromatic rings. The molecule has 0 fully saturated rings. The number of hydrogen-bond donors (Lipinski definition) is 1. The van der Waals surface area contributed by atoms with Gasteiger partial charge in [0.1, 0.15) is 11.3 Å². The third kappa shape index (κ3) is 4.99. The summed E-state index contributed by atoms with van der Waals surface area (Å²) in [5.41, 5.74) is 1.70. The lowest BCUT2D eigenvalue weighted by molar-refractivity contribution is -0.111. The van der Waals surface area contributed by atoms with Gasteiger partial charge in [-0.2, -0.15) is 0 Å². The van der Waals surface area contributed by atoms with Crippen molar-refractivity contribution >= 4 is 46.2 Å². The average molecular weight is 384 g/mol. The highest BCUT2D eigenvalue weighted by Crippen LogP contribution is 2.23. The molecule has 138 valence electrons. The lowest BCUT2D eigenvalue weighted by Gasteiger charge is -2.08. The summed E-state index contributed by atoms with van der Waals surface area (Å²) in [7, 11) is 0. The van der Waals surface area contributed by atoms with Crippen LogP contribution in [0.15, 0.2) is 59.0 Å². The zero-order valence-corrected chi connectivity index (χ0v) is 15.6. The molecule has 0 aliphatic rings. The Bertz CT molecular complexity index is 1000. The first-order valence-electron chi connectivity index (χ1n) is 8.40. The summed E-state index contributed by atoms with van der Waals surface area (Å²) in [4.78, 5) is 23.9. The Hall–Kier alpha value is -3.05. The highest BCUT2D eigenvalue weighted by atomic mass is 35.5. The molecule has 3 rings (SSSR count). The van der Waals surface area contributed by atoms with E-state index >= 15 is 0 Å². The Morgan fingerprint density at radius 2 is 1.85 bits per heavy atom. The average Bonchev–Trinajstić information content (AvgIpc) is 3.02. The summed E-state index contributed by atoms with van der Waals surface area (Å²) < 4.78 is 10.7. The Morgan fingerprint density at radius 1 is 1.11 bits per heavy atom. The second-order valence-electron chi connectivity index (χ2n) is 6.18.